The molecular formula is C14H10F3NO2. The van der Waals surface area contributed by atoms with Crippen LogP contribution in [0, 0.1) is 0 Å². The monoisotopic (exact) mass is 281 g/mol. The van der Waals surface area contributed by atoms with E-state index in [4.69, 9.17) is 0 Å². The lowest BCUT2D eigenvalue weighted by Gasteiger charge is -2.08. The van der Waals surface area contributed by atoms with E-state index < -0.39 is 17.7 Å². The van der Waals surface area contributed by atoms with Gasteiger partial charge in [-0.2, -0.15) is 13.2 Å². The number of rotatable bonds is 2. The second kappa shape index (κ2) is 5.32. The Bertz CT molecular complexity index is 621. The molecule has 20 heavy (non-hydrogen) atoms. The fourth-order valence-corrected chi connectivity index (χ4v) is 1.66. The average molecular weight is 281 g/mol. The van der Waals surface area contributed by atoms with Crippen molar-refractivity contribution in [3.63, 3.8) is 0 Å². The van der Waals surface area contributed by atoms with Gasteiger partial charge < -0.3 is 4.74 Å². The molecule has 0 aliphatic rings. The molecule has 0 saturated heterocycles. The number of hydrogen-bond acceptors (Lipinski definition) is 3. The summed E-state index contributed by atoms with van der Waals surface area (Å²) in [4.78, 5) is 15.4. The number of carbonyl (C=O) groups excluding carboxylic acids is 1. The van der Waals surface area contributed by atoms with Crippen LogP contribution in [0.25, 0.3) is 11.3 Å². The summed E-state index contributed by atoms with van der Waals surface area (Å²) in [5.41, 5.74) is 0.452. The molecule has 0 fully saturated rings. The van der Waals surface area contributed by atoms with Crippen molar-refractivity contribution in [2.45, 2.75) is 6.18 Å². The maximum atomic E-state index is 12.5. The summed E-state index contributed by atoms with van der Waals surface area (Å²) in [5, 5.41) is 0. The van der Waals surface area contributed by atoms with Crippen LogP contribution in [0.5, 0.6) is 0 Å². The molecule has 6 heteroatoms. The first-order valence-corrected chi connectivity index (χ1v) is 5.64. The van der Waals surface area contributed by atoms with Gasteiger partial charge in [-0.15, -0.1) is 0 Å². The third-order valence-electron chi connectivity index (χ3n) is 2.69. The van der Waals surface area contributed by atoms with Crippen LogP contribution in [0.2, 0.25) is 0 Å². The molecule has 1 aromatic carbocycles. The van der Waals surface area contributed by atoms with Crippen molar-refractivity contribution in [3.05, 3.63) is 53.7 Å². The van der Waals surface area contributed by atoms with E-state index in [2.05, 4.69) is 9.72 Å². The summed E-state index contributed by atoms with van der Waals surface area (Å²) in [6.07, 6.45) is -2.97. The van der Waals surface area contributed by atoms with Gasteiger partial charge in [0.2, 0.25) is 0 Å². The Morgan fingerprint density at radius 1 is 1.15 bits per heavy atom. The molecule has 0 aliphatic heterocycles. The lowest BCUT2D eigenvalue weighted by molar-refractivity contribution is -0.137. The minimum Gasteiger partial charge on any atom is -0.465 e. The van der Waals surface area contributed by atoms with Gasteiger partial charge in [-0.25, -0.2) is 4.79 Å². The minimum atomic E-state index is -4.38. The van der Waals surface area contributed by atoms with Crippen LogP contribution >= 0.6 is 0 Å². The first kappa shape index (κ1) is 14.0. The number of pyridine rings is 1. The van der Waals surface area contributed by atoms with E-state index in [0.717, 1.165) is 12.1 Å². The van der Waals surface area contributed by atoms with Crippen molar-refractivity contribution in [1.29, 1.82) is 0 Å². The topological polar surface area (TPSA) is 39.2 Å². The Labute approximate surface area is 113 Å². The first-order valence-electron chi connectivity index (χ1n) is 5.64. The molecule has 0 saturated carbocycles. The van der Waals surface area contributed by atoms with Gasteiger partial charge in [0.15, 0.2) is 0 Å². The Balaban J connectivity index is 2.35. The predicted molar refractivity (Wildman–Crippen MR) is 66.0 cm³/mol. The van der Waals surface area contributed by atoms with Crippen LogP contribution in [-0.4, -0.2) is 18.1 Å². The van der Waals surface area contributed by atoms with E-state index in [-0.39, 0.29) is 5.56 Å². The molecule has 0 bridgehead atoms. The van der Waals surface area contributed by atoms with Crippen molar-refractivity contribution in [3.8, 4) is 11.3 Å². The molecule has 0 atom stereocenters. The summed E-state index contributed by atoms with van der Waals surface area (Å²) >= 11 is 0. The zero-order valence-electron chi connectivity index (χ0n) is 10.4. The van der Waals surface area contributed by atoms with Crippen LogP contribution < -0.4 is 0 Å². The largest absolute Gasteiger partial charge is 0.465 e. The van der Waals surface area contributed by atoms with Gasteiger partial charge in [-0.05, 0) is 24.3 Å². The normalized spacial score (nSPS) is 11.2. The number of benzene rings is 1. The standard InChI is InChI=1S/C14H10F3NO2/c1-20-13(19)10-6-7-18-12(8-10)9-2-4-11(5-3-9)14(15,16)17/h2-8H,1H3. The molecule has 104 valence electrons. The summed E-state index contributed by atoms with van der Waals surface area (Å²) < 4.78 is 42.0. The highest BCUT2D eigenvalue weighted by molar-refractivity contribution is 5.90. The Kier molecular flexibility index (Phi) is 3.74. The van der Waals surface area contributed by atoms with Crippen LogP contribution in [-0.2, 0) is 10.9 Å². The van der Waals surface area contributed by atoms with E-state index in [0.29, 0.717) is 11.3 Å². The van der Waals surface area contributed by atoms with Gasteiger partial charge >= 0.3 is 12.1 Å². The number of alkyl halides is 3. The third kappa shape index (κ3) is 2.96. The number of hydrogen-bond donors (Lipinski definition) is 0. The van der Waals surface area contributed by atoms with Gasteiger partial charge in [0.25, 0.3) is 0 Å². The number of aromatic nitrogens is 1. The lowest BCUT2D eigenvalue weighted by atomic mass is 10.1. The number of carbonyl (C=O) groups is 1. The molecule has 1 heterocycles. The van der Waals surface area contributed by atoms with Gasteiger partial charge in [-0.3, -0.25) is 4.98 Å². The van der Waals surface area contributed by atoms with Crippen LogP contribution in [0.3, 0.4) is 0 Å². The number of methoxy groups -OCH3 is 1. The van der Waals surface area contributed by atoms with Gasteiger partial charge in [0.1, 0.15) is 0 Å². The summed E-state index contributed by atoms with van der Waals surface area (Å²) in [6, 6.07) is 7.51. The van der Waals surface area contributed by atoms with Gasteiger partial charge in [-0.1, -0.05) is 12.1 Å². The Morgan fingerprint density at radius 2 is 1.80 bits per heavy atom. The smallest absolute Gasteiger partial charge is 0.416 e. The highest BCUT2D eigenvalue weighted by Crippen LogP contribution is 2.30. The molecule has 0 unspecified atom stereocenters. The minimum absolute atomic E-state index is 0.289. The Morgan fingerprint density at radius 3 is 2.35 bits per heavy atom. The van der Waals surface area contributed by atoms with Gasteiger partial charge in [0, 0.05) is 11.8 Å². The summed E-state index contributed by atoms with van der Waals surface area (Å²) in [6.45, 7) is 0. The maximum Gasteiger partial charge on any atom is 0.416 e. The molecule has 0 radical (unpaired) electrons. The molecule has 1 aromatic heterocycles. The average Bonchev–Trinajstić information content (AvgIpc) is 2.46. The van der Waals surface area contributed by atoms with E-state index >= 15 is 0 Å². The van der Waals surface area contributed by atoms with Crippen molar-refractivity contribution in [2.24, 2.45) is 0 Å². The molecule has 2 aromatic rings. The van der Waals surface area contributed by atoms with Crippen molar-refractivity contribution in [2.75, 3.05) is 7.11 Å². The van der Waals surface area contributed by atoms with Crippen molar-refractivity contribution in [1.82, 2.24) is 4.98 Å². The quantitative estimate of drug-likeness (QED) is 0.790. The number of esters is 1. The molecule has 0 N–H and O–H groups in total. The lowest BCUT2D eigenvalue weighted by Crippen LogP contribution is -2.04. The van der Waals surface area contributed by atoms with Crippen molar-refractivity contribution < 1.29 is 22.7 Å². The molecule has 2 rings (SSSR count). The zero-order valence-corrected chi connectivity index (χ0v) is 10.4. The molecular weight excluding hydrogens is 271 g/mol. The van der Waals surface area contributed by atoms with E-state index in [9.17, 15) is 18.0 Å². The van der Waals surface area contributed by atoms with Gasteiger partial charge in [0.05, 0.1) is 23.9 Å². The Hall–Kier alpha value is -2.37. The fourth-order valence-electron chi connectivity index (χ4n) is 1.66. The van der Waals surface area contributed by atoms with Crippen LogP contribution in [0.4, 0.5) is 13.2 Å². The van der Waals surface area contributed by atoms with E-state index in [1.54, 1.807) is 0 Å². The summed E-state index contributed by atoms with van der Waals surface area (Å²) in [5.74, 6) is -0.527. The fraction of sp³-hybridized carbons (Fsp3) is 0.143. The number of halogens is 3. The predicted octanol–water partition coefficient (Wildman–Crippen LogP) is 3.55. The molecule has 0 spiro atoms. The molecule has 3 nitrogen and oxygen atoms in total. The third-order valence-corrected chi connectivity index (χ3v) is 2.69. The summed E-state index contributed by atoms with van der Waals surface area (Å²) in [7, 11) is 1.25. The highest BCUT2D eigenvalue weighted by Gasteiger charge is 2.30. The van der Waals surface area contributed by atoms with E-state index in [1.807, 2.05) is 0 Å². The van der Waals surface area contributed by atoms with Crippen LogP contribution in [0.15, 0.2) is 42.6 Å². The SMILES string of the molecule is COC(=O)c1ccnc(-c2ccc(C(F)(F)F)cc2)c1. The first-order chi connectivity index (χ1) is 9.41. The van der Waals surface area contributed by atoms with Crippen LogP contribution in [0.1, 0.15) is 15.9 Å². The van der Waals surface area contributed by atoms with Crippen molar-refractivity contribution >= 4 is 5.97 Å². The molecule has 0 amide bonds. The second-order valence-electron chi connectivity index (χ2n) is 4.00. The second-order valence-corrected chi connectivity index (χ2v) is 4.00. The highest BCUT2D eigenvalue weighted by atomic mass is 19.4. The maximum absolute atomic E-state index is 12.5. The number of nitrogens with zero attached hydrogens (tertiary/aromatic N) is 1. The molecule has 0 aliphatic carbocycles. The van der Waals surface area contributed by atoms with E-state index in [1.165, 1.54) is 37.6 Å². The zero-order chi connectivity index (χ0) is 14.8. The number of ether oxygens (including phenoxy) is 1.